The van der Waals surface area contributed by atoms with Crippen LogP contribution < -0.4 is 5.32 Å². The molecule has 0 saturated carbocycles. The van der Waals surface area contributed by atoms with Crippen LogP contribution in [0.1, 0.15) is 18.2 Å². The molecule has 0 spiro atoms. The molecule has 0 radical (unpaired) electrons. The molecular weight excluding hydrogens is 327 g/mol. The zero-order chi connectivity index (χ0) is 17.7. The van der Waals surface area contributed by atoms with Crippen LogP contribution in [0.4, 0.5) is 19.0 Å². The van der Waals surface area contributed by atoms with E-state index < -0.39 is 23.7 Å². The van der Waals surface area contributed by atoms with Crippen LogP contribution >= 0.6 is 0 Å². The van der Waals surface area contributed by atoms with Gasteiger partial charge in [0.2, 0.25) is 0 Å². The topological polar surface area (TPSA) is 75.4 Å². The first-order valence-corrected chi connectivity index (χ1v) is 6.97. The number of aromatic nitrogens is 1. The van der Waals surface area contributed by atoms with Crippen LogP contribution in [0.15, 0.2) is 41.2 Å². The van der Waals surface area contributed by atoms with Crippen molar-refractivity contribution in [2.24, 2.45) is 0 Å². The van der Waals surface area contributed by atoms with Gasteiger partial charge in [-0.2, -0.15) is 13.2 Å². The van der Waals surface area contributed by atoms with Crippen molar-refractivity contribution in [3.05, 3.63) is 48.0 Å². The molecule has 2 rings (SSSR count). The molecule has 9 heteroatoms. The first-order chi connectivity index (χ1) is 11.3. The van der Waals surface area contributed by atoms with Gasteiger partial charge in [0.05, 0.1) is 12.5 Å². The molecule has 2 amide bonds. The van der Waals surface area contributed by atoms with E-state index in [2.05, 4.69) is 10.3 Å². The average molecular weight is 341 g/mol. The van der Waals surface area contributed by atoms with Gasteiger partial charge in [-0.15, -0.1) is 0 Å². The van der Waals surface area contributed by atoms with Crippen molar-refractivity contribution in [1.29, 1.82) is 0 Å². The van der Waals surface area contributed by atoms with E-state index in [0.717, 1.165) is 12.1 Å². The maximum atomic E-state index is 12.6. The first-order valence-electron chi connectivity index (χ1n) is 6.97. The minimum atomic E-state index is -4.64. The first kappa shape index (κ1) is 17.5. The van der Waals surface area contributed by atoms with Gasteiger partial charge in [-0.05, 0) is 25.1 Å². The lowest BCUT2D eigenvalue weighted by Crippen LogP contribution is -2.39. The third-order valence-corrected chi connectivity index (χ3v) is 3.10. The number of rotatable bonds is 4. The van der Waals surface area contributed by atoms with Crippen molar-refractivity contribution in [2.45, 2.75) is 19.6 Å². The van der Waals surface area contributed by atoms with Gasteiger partial charge in [0.15, 0.2) is 0 Å². The largest absolute Gasteiger partial charge is 0.472 e. The average Bonchev–Trinajstić information content (AvgIpc) is 3.04. The fourth-order valence-corrected chi connectivity index (χ4v) is 1.91. The van der Waals surface area contributed by atoms with Crippen molar-refractivity contribution >= 4 is 17.6 Å². The van der Waals surface area contributed by atoms with E-state index in [1.54, 1.807) is 13.0 Å². The number of nitrogens with zero attached hydrogens (tertiary/aromatic N) is 2. The van der Waals surface area contributed by atoms with Crippen molar-refractivity contribution in [3.63, 3.8) is 0 Å². The second-order valence-electron chi connectivity index (χ2n) is 4.81. The Labute approximate surface area is 135 Å². The zero-order valence-electron chi connectivity index (χ0n) is 12.6. The minimum Gasteiger partial charge on any atom is -0.472 e. The molecule has 6 nitrogen and oxygen atoms in total. The SMILES string of the molecule is CCN(Cc1ccoc1)C(=O)C(=O)Nc1cccc(C(F)(F)F)n1. The predicted molar refractivity (Wildman–Crippen MR) is 77.7 cm³/mol. The molecule has 2 aromatic heterocycles. The van der Waals surface area contributed by atoms with Gasteiger partial charge >= 0.3 is 18.0 Å². The van der Waals surface area contributed by atoms with Gasteiger partial charge < -0.3 is 14.6 Å². The van der Waals surface area contributed by atoms with Crippen LogP contribution in [0.25, 0.3) is 0 Å². The van der Waals surface area contributed by atoms with Gasteiger partial charge in [-0.1, -0.05) is 6.07 Å². The van der Waals surface area contributed by atoms with Crippen molar-refractivity contribution in [1.82, 2.24) is 9.88 Å². The zero-order valence-corrected chi connectivity index (χ0v) is 12.6. The molecule has 0 aliphatic heterocycles. The number of carbonyl (C=O) groups is 2. The number of halogens is 3. The normalized spacial score (nSPS) is 11.2. The van der Waals surface area contributed by atoms with Crippen LogP contribution in [0, 0.1) is 0 Å². The number of alkyl halides is 3. The van der Waals surface area contributed by atoms with Crippen LogP contribution in [0.3, 0.4) is 0 Å². The molecule has 0 bridgehead atoms. The van der Waals surface area contributed by atoms with Crippen LogP contribution in [0.5, 0.6) is 0 Å². The molecule has 128 valence electrons. The molecule has 0 saturated heterocycles. The Kier molecular flexibility index (Phi) is 5.22. The third-order valence-electron chi connectivity index (χ3n) is 3.10. The van der Waals surface area contributed by atoms with Gasteiger partial charge in [0, 0.05) is 18.7 Å². The summed E-state index contributed by atoms with van der Waals surface area (Å²) in [5.74, 6) is -2.28. The molecule has 0 aromatic carbocycles. The van der Waals surface area contributed by atoms with Gasteiger partial charge in [0.1, 0.15) is 11.5 Å². The predicted octanol–water partition coefficient (Wildman–Crippen LogP) is 2.68. The molecule has 2 heterocycles. The molecule has 2 aromatic rings. The van der Waals surface area contributed by atoms with Gasteiger partial charge in [-0.25, -0.2) is 4.98 Å². The summed E-state index contributed by atoms with van der Waals surface area (Å²) in [6.07, 6.45) is -1.77. The lowest BCUT2D eigenvalue weighted by atomic mass is 10.3. The number of amides is 2. The number of hydrogen-bond donors (Lipinski definition) is 1. The number of anilines is 1. The maximum Gasteiger partial charge on any atom is 0.433 e. The molecule has 24 heavy (non-hydrogen) atoms. The second kappa shape index (κ2) is 7.16. The molecule has 1 N–H and O–H groups in total. The highest BCUT2D eigenvalue weighted by Gasteiger charge is 2.32. The number of hydrogen-bond acceptors (Lipinski definition) is 4. The van der Waals surface area contributed by atoms with Gasteiger partial charge in [0.25, 0.3) is 0 Å². The summed E-state index contributed by atoms with van der Waals surface area (Å²) in [5, 5.41) is 2.08. The molecule has 0 aliphatic carbocycles. The molecule has 0 fully saturated rings. The van der Waals surface area contributed by atoms with Gasteiger partial charge in [-0.3, -0.25) is 9.59 Å². The number of pyridine rings is 1. The standard InChI is InChI=1S/C15H14F3N3O3/c1-2-21(8-10-6-7-24-9-10)14(23)13(22)20-12-5-3-4-11(19-12)15(16,17)18/h3-7,9H,2,8H2,1H3,(H,19,20,22). The molecule has 0 aliphatic rings. The quantitative estimate of drug-likeness (QED) is 0.868. The minimum absolute atomic E-state index is 0.148. The van der Waals surface area contributed by atoms with Crippen LogP contribution in [0.2, 0.25) is 0 Å². The van der Waals surface area contributed by atoms with E-state index >= 15 is 0 Å². The van der Waals surface area contributed by atoms with Crippen molar-refractivity contribution in [2.75, 3.05) is 11.9 Å². The Morgan fingerprint density at radius 2 is 2.04 bits per heavy atom. The lowest BCUT2D eigenvalue weighted by Gasteiger charge is -2.19. The summed E-state index contributed by atoms with van der Waals surface area (Å²) in [7, 11) is 0. The Hall–Kier alpha value is -2.84. The number of furan rings is 1. The second-order valence-corrected chi connectivity index (χ2v) is 4.81. The summed E-state index contributed by atoms with van der Waals surface area (Å²) >= 11 is 0. The highest BCUT2D eigenvalue weighted by molar-refractivity contribution is 6.39. The number of nitrogens with one attached hydrogen (secondary N) is 1. The third kappa shape index (κ3) is 4.34. The van der Waals surface area contributed by atoms with Crippen LogP contribution in [-0.4, -0.2) is 28.2 Å². The number of likely N-dealkylation sites (N-methyl/N-ethyl adjacent to an activating group) is 1. The molecule has 0 atom stereocenters. The van der Waals surface area contributed by atoms with Crippen molar-refractivity contribution in [3.8, 4) is 0 Å². The Morgan fingerprint density at radius 1 is 1.29 bits per heavy atom. The summed E-state index contributed by atoms with van der Waals surface area (Å²) in [5.41, 5.74) is -0.464. The highest BCUT2D eigenvalue weighted by Crippen LogP contribution is 2.28. The Morgan fingerprint density at radius 3 is 2.62 bits per heavy atom. The number of carbonyl (C=O) groups excluding carboxylic acids is 2. The summed E-state index contributed by atoms with van der Waals surface area (Å²) in [4.78, 5) is 28.6. The Bertz CT molecular complexity index is 714. The van der Waals surface area contributed by atoms with E-state index in [1.807, 2.05) is 0 Å². The summed E-state index contributed by atoms with van der Waals surface area (Å²) in [6, 6.07) is 4.68. The van der Waals surface area contributed by atoms with Crippen LogP contribution in [-0.2, 0) is 22.3 Å². The highest BCUT2D eigenvalue weighted by atomic mass is 19.4. The smallest absolute Gasteiger partial charge is 0.433 e. The summed E-state index contributed by atoms with van der Waals surface area (Å²) in [6.45, 7) is 2.07. The monoisotopic (exact) mass is 341 g/mol. The fourth-order valence-electron chi connectivity index (χ4n) is 1.91. The van der Waals surface area contributed by atoms with Crippen molar-refractivity contribution < 1.29 is 27.2 Å². The lowest BCUT2D eigenvalue weighted by molar-refractivity contribution is -0.143. The fraction of sp³-hybridized carbons (Fsp3) is 0.267. The Balaban J connectivity index is 2.06. The van der Waals surface area contributed by atoms with E-state index in [1.165, 1.54) is 23.5 Å². The van der Waals surface area contributed by atoms with E-state index in [4.69, 9.17) is 4.42 Å². The van der Waals surface area contributed by atoms with E-state index in [0.29, 0.717) is 5.56 Å². The summed E-state index contributed by atoms with van der Waals surface area (Å²) < 4.78 is 42.7. The molecule has 0 unspecified atom stereocenters. The maximum absolute atomic E-state index is 12.6. The molecular formula is C15H14F3N3O3. The van der Waals surface area contributed by atoms with E-state index in [-0.39, 0.29) is 18.9 Å². The van der Waals surface area contributed by atoms with E-state index in [9.17, 15) is 22.8 Å².